The van der Waals surface area contributed by atoms with Crippen LogP contribution in [0.15, 0.2) is 23.2 Å². The third-order valence-corrected chi connectivity index (χ3v) is 2.72. The lowest BCUT2D eigenvalue weighted by Gasteiger charge is -2.08. The maximum absolute atomic E-state index is 10.0. The first kappa shape index (κ1) is 8.97. The lowest BCUT2D eigenvalue weighted by Crippen LogP contribution is -1.97. The second-order valence-corrected chi connectivity index (χ2v) is 3.52. The number of phenols is 1. The largest absolute Gasteiger partial charge is 0.508 e. The van der Waals surface area contributed by atoms with Crippen LogP contribution in [0.4, 0.5) is 0 Å². The molecule has 0 heterocycles. The van der Waals surface area contributed by atoms with Gasteiger partial charge in [-0.1, -0.05) is 12.1 Å². The summed E-state index contributed by atoms with van der Waals surface area (Å²) in [6.07, 6.45) is 3.46. The van der Waals surface area contributed by atoms with E-state index in [1.165, 1.54) is 11.6 Å². The van der Waals surface area contributed by atoms with Crippen LogP contribution in [0.2, 0.25) is 0 Å². The van der Waals surface area contributed by atoms with E-state index >= 15 is 0 Å². The molecule has 72 valence electrons. The number of rotatable bonds is 2. The highest BCUT2D eigenvalue weighted by molar-refractivity contribution is 5.45. The van der Waals surface area contributed by atoms with E-state index in [9.17, 15) is 9.90 Å². The van der Waals surface area contributed by atoms with Crippen molar-refractivity contribution in [3.8, 4) is 5.75 Å². The van der Waals surface area contributed by atoms with Gasteiger partial charge >= 0.3 is 0 Å². The van der Waals surface area contributed by atoms with E-state index in [-0.39, 0.29) is 5.92 Å². The molecule has 1 unspecified atom stereocenters. The zero-order valence-corrected chi connectivity index (χ0v) is 7.73. The van der Waals surface area contributed by atoms with Crippen LogP contribution in [0.25, 0.3) is 0 Å². The molecule has 0 bridgehead atoms. The summed E-state index contributed by atoms with van der Waals surface area (Å²) >= 11 is 0. The molecule has 14 heavy (non-hydrogen) atoms. The Morgan fingerprint density at radius 1 is 1.57 bits per heavy atom. The lowest BCUT2D eigenvalue weighted by molar-refractivity contribution is 0.463. The molecular weight excluding hydrogens is 178 g/mol. The van der Waals surface area contributed by atoms with Crippen LogP contribution in [0.5, 0.6) is 5.75 Å². The molecule has 0 aromatic heterocycles. The number of aryl methyl sites for hydroxylation is 1. The van der Waals surface area contributed by atoms with E-state index in [2.05, 4.69) is 4.99 Å². The molecule has 1 atom stereocenters. The quantitative estimate of drug-likeness (QED) is 0.569. The number of benzene rings is 1. The average molecular weight is 189 g/mol. The Morgan fingerprint density at radius 3 is 3.21 bits per heavy atom. The van der Waals surface area contributed by atoms with Gasteiger partial charge in [-0.15, -0.1) is 0 Å². The Balaban J connectivity index is 2.33. The molecule has 0 fully saturated rings. The van der Waals surface area contributed by atoms with Crippen molar-refractivity contribution in [1.82, 2.24) is 0 Å². The fourth-order valence-corrected chi connectivity index (χ4v) is 2.09. The zero-order chi connectivity index (χ0) is 9.97. The van der Waals surface area contributed by atoms with Crippen molar-refractivity contribution in [3.05, 3.63) is 29.3 Å². The molecule has 1 aromatic carbocycles. The predicted molar refractivity (Wildman–Crippen MR) is 52.2 cm³/mol. The van der Waals surface area contributed by atoms with Gasteiger partial charge < -0.3 is 5.11 Å². The highest BCUT2D eigenvalue weighted by Gasteiger charge is 2.24. The zero-order valence-electron chi connectivity index (χ0n) is 7.73. The van der Waals surface area contributed by atoms with Gasteiger partial charge in [0.25, 0.3) is 0 Å². The van der Waals surface area contributed by atoms with Crippen molar-refractivity contribution >= 4 is 6.08 Å². The van der Waals surface area contributed by atoms with Crippen molar-refractivity contribution in [1.29, 1.82) is 0 Å². The molecule has 1 aliphatic carbocycles. The summed E-state index contributed by atoms with van der Waals surface area (Å²) in [4.78, 5) is 13.6. The Bertz CT molecular complexity index is 394. The number of aliphatic imine (C=N–C) groups is 1. The second kappa shape index (κ2) is 3.64. The van der Waals surface area contributed by atoms with Crippen LogP contribution in [-0.4, -0.2) is 17.7 Å². The summed E-state index contributed by atoms with van der Waals surface area (Å²) in [5, 5.41) is 9.66. The molecule has 1 aromatic rings. The van der Waals surface area contributed by atoms with Gasteiger partial charge in [-0.05, 0) is 24.5 Å². The highest BCUT2D eigenvalue weighted by atomic mass is 16.3. The van der Waals surface area contributed by atoms with E-state index in [0.717, 1.165) is 18.4 Å². The Labute approximate surface area is 82.1 Å². The third-order valence-electron chi connectivity index (χ3n) is 2.72. The molecule has 0 saturated heterocycles. The van der Waals surface area contributed by atoms with Crippen molar-refractivity contribution in [3.63, 3.8) is 0 Å². The van der Waals surface area contributed by atoms with E-state index < -0.39 is 0 Å². The summed E-state index contributed by atoms with van der Waals surface area (Å²) in [5.74, 6) is 0.513. The first-order valence-corrected chi connectivity index (χ1v) is 4.67. The first-order valence-electron chi connectivity index (χ1n) is 4.67. The van der Waals surface area contributed by atoms with Gasteiger partial charge in [-0.3, -0.25) is 0 Å². The van der Waals surface area contributed by atoms with Gasteiger partial charge in [0.05, 0.1) is 6.54 Å². The van der Waals surface area contributed by atoms with Crippen molar-refractivity contribution in [2.45, 2.75) is 18.8 Å². The fraction of sp³-hybridized carbons (Fsp3) is 0.364. The Morgan fingerprint density at radius 2 is 2.43 bits per heavy atom. The van der Waals surface area contributed by atoms with Gasteiger partial charge in [0.15, 0.2) is 0 Å². The maximum Gasteiger partial charge on any atom is 0.234 e. The summed E-state index contributed by atoms with van der Waals surface area (Å²) in [5.41, 5.74) is 2.14. The first-order chi connectivity index (χ1) is 6.83. The minimum absolute atomic E-state index is 0.188. The van der Waals surface area contributed by atoms with Gasteiger partial charge in [0, 0.05) is 11.5 Å². The molecule has 1 aliphatic rings. The van der Waals surface area contributed by atoms with Crippen LogP contribution in [0, 0.1) is 0 Å². The summed E-state index contributed by atoms with van der Waals surface area (Å²) in [6, 6.07) is 5.54. The van der Waals surface area contributed by atoms with Crippen LogP contribution in [0.3, 0.4) is 0 Å². The Hall–Kier alpha value is -1.60. The molecule has 3 heteroatoms. The maximum atomic E-state index is 10.0. The molecule has 1 N–H and O–H groups in total. The molecule has 0 aliphatic heterocycles. The highest BCUT2D eigenvalue weighted by Crippen LogP contribution is 2.38. The average Bonchev–Trinajstić information content (AvgIpc) is 2.59. The van der Waals surface area contributed by atoms with E-state index in [0.29, 0.717) is 12.3 Å². The monoisotopic (exact) mass is 189 g/mol. The van der Waals surface area contributed by atoms with Crippen molar-refractivity contribution in [2.75, 3.05) is 6.54 Å². The topological polar surface area (TPSA) is 49.7 Å². The minimum atomic E-state index is 0.188. The normalized spacial score (nSPS) is 18.7. The van der Waals surface area contributed by atoms with E-state index in [1.54, 1.807) is 6.07 Å². The van der Waals surface area contributed by atoms with Crippen LogP contribution in [-0.2, 0) is 11.2 Å². The lowest BCUT2D eigenvalue weighted by atomic mass is 10.0. The van der Waals surface area contributed by atoms with Gasteiger partial charge in [0.1, 0.15) is 5.75 Å². The summed E-state index contributed by atoms with van der Waals surface area (Å²) < 4.78 is 0. The van der Waals surface area contributed by atoms with Crippen LogP contribution >= 0.6 is 0 Å². The molecule has 0 radical (unpaired) electrons. The molecule has 2 rings (SSSR count). The number of isocyanates is 1. The third kappa shape index (κ3) is 1.42. The smallest absolute Gasteiger partial charge is 0.234 e. The fourth-order valence-electron chi connectivity index (χ4n) is 2.09. The standard InChI is InChI=1S/C11H11NO2/c13-7-12-6-9-5-4-8-2-1-3-10(14)11(8)9/h1-3,9,14H,4-6H2. The van der Waals surface area contributed by atoms with Gasteiger partial charge in [-0.25, -0.2) is 9.79 Å². The van der Waals surface area contributed by atoms with E-state index in [4.69, 9.17) is 0 Å². The molecule has 0 saturated carbocycles. The number of phenolic OH excluding ortho intramolecular Hbond substituents is 1. The number of fused-ring (bicyclic) bond motifs is 1. The predicted octanol–water partition coefficient (Wildman–Crippen LogP) is 1.76. The number of hydrogen-bond donors (Lipinski definition) is 1. The second-order valence-electron chi connectivity index (χ2n) is 3.52. The number of carbonyl (C=O) groups excluding carboxylic acids is 1. The number of aromatic hydroxyl groups is 1. The summed E-state index contributed by atoms with van der Waals surface area (Å²) in [6.45, 7) is 0.439. The molecular formula is C11H11NO2. The number of hydrogen-bond acceptors (Lipinski definition) is 3. The van der Waals surface area contributed by atoms with Gasteiger partial charge in [0.2, 0.25) is 6.08 Å². The van der Waals surface area contributed by atoms with E-state index in [1.807, 2.05) is 12.1 Å². The minimum Gasteiger partial charge on any atom is -0.508 e. The molecule has 3 nitrogen and oxygen atoms in total. The molecule has 0 amide bonds. The number of nitrogens with zero attached hydrogens (tertiary/aromatic N) is 1. The van der Waals surface area contributed by atoms with Crippen molar-refractivity contribution < 1.29 is 9.90 Å². The SMILES string of the molecule is O=C=NCC1CCc2cccc(O)c21. The molecule has 0 spiro atoms. The van der Waals surface area contributed by atoms with Crippen LogP contribution in [0.1, 0.15) is 23.5 Å². The van der Waals surface area contributed by atoms with Crippen molar-refractivity contribution in [2.24, 2.45) is 4.99 Å². The summed E-state index contributed by atoms with van der Waals surface area (Å²) in [7, 11) is 0. The Kier molecular flexibility index (Phi) is 2.33. The van der Waals surface area contributed by atoms with Crippen LogP contribution < -0.4 is 0 Å². The van der Waals surface area contributed by atoms with Gasteiger partial charge in [-0.2, -0.15) is 0 Å².